The average Bonchev–Trinajstić information content (AvgIpc) is 2.73. The fourth-order valence-corrected chi connectivity index (χ4v) is 4.02. The van der Waals surface area contributed by atoms with Crippen LogP contribution in [0.3, 0.4) is 0 Å². The van der Waals surface area contributed by atoms with Crippen molar-refractivity contribution >= 4 is 23.4 Å². The highest BCUT2D eigenvalue weighted by Gasteiger charge is 2.39. The van der Waals surface area contributed by atoms with Gasteiger partial charge in [0.2, 0.25) is 0 Å². The maximum atomic E-state index is 15.0. The van der Waals surface area contributed by atoms with Crippen LogP contribution in [0.2, 0.25) is 5.02 Å². The number of ether oxygens (including phenoxy) is 1. The molecular weight excluding hydrogens is 399 g/mol. The number of aromatic carboxylic acids is 1. The molecule has 1 aliphatic rings. The molecule has 7 heteroatoms. The minimum atomic E-state index is -1.69. The van der Waals surface area contributed by atoms with Crippen molar-refractivity contribution in [2.45, 2.75) is 31.8 Å². The van der Waals surface area contributed by atoms with Gasteiger partial charge in [0.25, 0.3) is 0 Å². The van der Waals surface area contributed by atoms with Gasteiger partial charge in [-0.3, -0.25) is 4.79 Å². The molecule has 1 N–H and O–H groups in total. The molecule has 0 radical (unpaired) electrons. The van der Waals surface area contributed by atoms with Gasteiger partial charge in [-0.05, 0) is 67.1 Å². The van der Waals surface area contributed by atoms with Gasteiger partial charge in [-0.25, -0.2) is 4.39 Å². The first kappa shape index (κ1) is 21.4. The van der Waals surface area contributed by atoms with E-state index in [1.54, 1.807) is 6.92 Å². The van der Waals surface area contributed by atoms with Crippen LogP contribution in [-0.4, -0.2) is 30.1 Å². The van der Waals surface area contributed by atoms with Crippen LogP contribution in [0.4, 0.5) is 4.39 Å². The van der Waals surface area contributed by atoms with Crippen molar-refractivity contribution in [3.63, 3.8) is 0 Å². The maximum absolute atomic E-state index is 15.0. The van der Waals surface area contributed by atoms with Crippen molar-refractivity contribution in [1.29, 1.82) is 0 Å². The third-order valence-corrected chi connectivity index (χ3v) is 5.83. The summed E-state index contributed by atoms with van der Waals surface area (Å²) in [6, 6.07) is 7.90. The van der Waals surface area contributed by atoms with Crippen molar-refractivity contribution in [2.75, 3.05) is 13.2 Å². The molecule has 0 saturated carbocycles. The van der Waals surface area contributed by atoms with E-state index in [0.717, 1.165) is 12.1 Å². The predicted octanol–water partition coefficient (Wildman–Crippen LogP) is 3.10. The van der Waals surface area contributed by atoms with Crippen molar-refractivity contribution in [2.24, 2.45) is 5.92 Å². The van der Waals surface area contributed by atoms with Gasteiger partial charge in [0.15, 0.2) is 5.78 Å². The van der Waals surface area contributed by atoms with Crippen molar-refractivity contribution < 1.29 is 28.9 Å². The zero-order valence-electron chi connectivity index (χ0n) is 15.9. The predicted molar refractivity (Wildman–Crippen MR) is 103 cm³/mol. The first-order valence-corrected chi connectivity index (χ1v) is 9.81. The van der Waals surface area contributed by atoms with Gasteiger partial charge in [0.05, 0.1) is 17.1 Å². The van der Waals surface area contributed by atoms with E-state index in [0.29, 0.717) is 31.1 Å². The lowest BCUT2D eigenvalue weighted by molar-refractivity contribution is -0.255. The molecule has 1 heterocycles. The molecule has 3 rings (SSSR count). The first-order chi connectivity index (χ1) is 13.8. The van der Waals surface area contributed by atoms with Crippen LogP contribution in [0, 0.1) is 11.7 Å². The van der Waals surface area contributed by atoms with Crippen LogP contribution in [0.25, 0.3) is 0 Å². The summed E-state index contributed by atoms with van der Waals surface area (Å²) in [7, 11) is 0. The highest BCUT2D eigenvalue weighted by atomic mass is 35.5. The Morgan fingerprint density at radius 3 is 2.41 bits per heavy atom. The van der Waals surface area contributed by atoms with Gasteiger partial charge in [-0.1, -0.05) is 18.5 Å². The minimum absolute atomic E-state index is 0.0960. The number of benzene rings is 2. The molecule has 2 aromatic rings. The second-order valence-electron chi connectivity index (χ2n) is 7.17. The highest BCUT2D eigenvalue weighted by molar-refractivity contribution is 6.30. The second kappa shape index (κ2) is 8.61. The Morgan fingerprint density at radius 2 is 1.86 bits per heavy atom. The van der Waals surface area contributed by atoms with Gasteiger partial charge in [0.1, 0.15) is 5.82 Å². The van der Waals surface area contributed by atoms with E-state index in [9.17, 15) is 19.8 Å². The number of carboxylic acids is 1. The van der Waals surface area contributed by atoms with E-state index < -0.39 is 34.3 Å². The normalized spacial score (nSPS) is 17.0. The molecule has 0 unspecified atom stereocenters. The topological polar surface area (TPSA) is 86.7 Å². The molecule has 1 fully saturated rings. The zero-order valence-corrected chi connectivity index (χ0v) is 16.7. The summed E-state index contributed by atoms with van der Waals surface area (Å²) < 4.78 is 20.4. The molecule has 0 spiro atoms. The minimum Gasteiger partial charge on any atom is -0.545 e. The first-order valence-electron chi connectivity index (χ1n) is 9.43. The van der Waals surface area contributed by atoms with E-state index >= 15 is 4.39 Å². The highest BCUT2D eigenvalue weighted by Crippen LogP contribution is 2.40. The number of ketones is 1. The quantitative estimate of drug-likeness (QED) is 0.727. The summed E-state index contributed by atoms with van der Waals surface area (Å²) in [6.07, 6.45) is 1.39. The molecule has 1 saturated heterocycles. The van der Waals surface area contributed by atoms with Crippen LogP contribution >= 0.6 is 11.6 Å². The number of aliphatic hydroxyl groups is 1. The number of carbonyl (C=O) groups is 2. The molecule has 0 aliphatic carbocycles. The van der Waals surface area contributed by atoms with Gasteiger partial charge < -0.3 is 19.7 Å². The molecule has 0 bridgehead atoms. The zero-order chi connectivity index (χ0) is 21.2. The summed E-state index contributed by atoms with van der Waals surface area (Å²) >= 11 is 5.81. The van der Waals surface area contributed by atoms with Gasteiger partial charge in [-0.2, -0.15) is 0 Å². The third-order valence-electron chi connectivity index (χ3n) is 5.58. The van der Waals surface area contributed by atoms with Crippen LogP contribution < -0.4 is 5.11 Å². The van der Waals surface area contributed by atoms with Gasteiger partial charge in [-0.15, -0.1) is 0 Å². The molecule has 1 aliphatic heterocycles. The van der Waals surface area contributed by atoms with Crippen molar-refractivity contribution in [1.82, 2.24) is 0 Å². The second-order valence-corrected chi connectivity index (χ2v) is 7.60. The molecule has 0 aromatic heterocycles. The van der Waals surface area contributed by atoms with Crippen LogP contribution in [0.5, 0.6) is 0 Å². The van der Waals surface area contributed by atoms with Crippen LogP contribution in [0.15, 0.2) is 36.4 Å². The summed E-state index contributed by atoms with van der Waals surface area (Å²) in [5.74, 6) is -3.71. The smallest absolute Gasteiger partial charge is 0.196 e. The standard InChI is InChI=1S/C22H22ClFO5/c1-2-22(28,14-7-9-29-10-8-14)15-11-17(21(26)27)19(18(24)12-15)20(25)13-3-5-16(23)6-4-13/h3-6,11-12,14,28H,2,7-10H2,1H3,(H,26,27)/p-1/t22-/m0/s1. The van der Waals surface area contributed by atoms with E-state index in [1.165, 1.54) is 24.3 Å². The van der Waals surface area contributed by atoms with E-state index in [-0.39, 0.29) is 23.5 Å². The van der Waals surface area contributed by atoms with Crippen LogP contribution in [0.1, 0.15) is 58.0 Å². The summed E-state index contributed by atoms with van der Waals surface area (Å²) in [6.45, 7) is 2.69. The van der Waals surface area contributed by atoms with E-state index in [4.69, 9.17) is 16.3 Å². The van der Waals surface area contributed by atoms with E-state index in [2.05, 4.69) is 0 Å². The Balaban J connectivity index is 2.10. The van der Waals surface area contributed by atoms with Crippen molar-refractivity contribution in [3.05, 3.63) is 69.5 Å². The molecule has 29 heavy (non-hydrogen) atoms. The molecule has 0 amide bonds. The Hall–Kier alpha value is -2.28. The lowest BCUT2D eigenvalue weighted by Gasteiger charge is -2.38. The van der Waals surface area contributed by atoms with Gasteiger partial charge in [0, 0.05) is 29.4 Å². The van der Waals surface area contributed by atoms with Gasteiger partial charge >= 0.3 is 0 Å². The lowest BCUT2D eigenvalue weighted by atomic mass is 9.74. The largest absolute Gasteiger partial charge is 0.545 e. The molecule has 5 nitrogen and oxygen atoms in total. The molecule has 1 atom stereocenters. The number of halogens is 2. The summed E-state index contributed by atoms with van der Waals surface area (Å²) in [4.78, 5) is 24.5. The summed E-state index contributed by atoms with van der Waals surface area (Å²) in [5.41, 5.74) is -2.40. The Morgan fingerprint density at radius 1 is 1.24 bits per heavy atom. The van der Waals surface area contributed by atoms with E-state index in [1.807, 2.05) is 0 Å². The number of hydrogen-bond donors (Lipinski definition) is 1. The molecular formula is C22H21ClFO5-. The fourth-order valence-electron chi connectivity index (χ4n) is 3.90. The fraction of sp³-hybridized carbons (Fsp3) is 0.364. The number of carboxylic acid groups (broad SMARTS) is 1. The number of hydrogen-bond acceptors (Lipinski definition) is 5. The number of carbonyl (C=O) groups excluding carboxylic acids is 2. The maximum Gasteiger partial charge on any atom is 0.196 e. The van der Waals surface area contributed by atoms with Crippen molar-refractivity contribution in [3.8, 4) is 0 Å². The Bertz CT molecular complexity index is 922. The third kappa shape index (κ3) is 4.20. The van der Waals surface area contributed by atoms with Crippen LogP contribution in [-0.2, 0) is 10.3 Å². The summed E-state index contributed by atoms with van der Waals surface area (Å²) in [5, 5.41) is 23.4. The Labute approximate surface area is 173 Å². The lowest BCUT2D eigenvalue weighted by Crippen LogP contribution is -2.39. The monoisotopic (exact) mass is 419 g/mol. The molecule has 154 valence electrons. The average molecular weight is 420 g/mol. The molecule has 2 aromatic carbocycles. The SMILES string of the molecule is CC[C@@](O)(c1cc(F)c(C(=O)c2ccc(Cl)cc2)c(C(=O)[O-])c1)C1CCOCC1. The number of rotatable bonds is 6. The Kier molecular flexibility index (Phi) is 6.36.